The monoisotopic (exact) mass is 261 g/mol. The fourth-order valence-electron chi connectivity index (χ4n) is 3.22. The van der Waals surface area contributed by atoms with Crippen molar-refractivity contribution in [1.29, 1.82) is 0 Å². The van der Waals surface area contributed by atoms with Crippen molar-refractivity contribution in [3.05, 3.63) is 35.4 Å². The van der Waals surface area contributed by atoms with E-state index in [0.29, 0.717) is 12.0 Å². The zero-order chi connectivity index (χ0) is 14.0. The van der Waals surface area contributed by atoms with Crippen LogP contribution in [0.5, 0.6) is 0 Å². The first-order valence-electron chi connectivity index (χ1n) is 7.52. The van der Waals surface area contributed by atoms with Gasteiger partial charge in [-0.05, 0) is 43.7 Å². The molecular weight excluding hydrogens is 234 g/mol. The van der Waals surface area contributed by atoms with Crippen molar-refractivity contribution >= 4 is 0 Å². The van der Waals surface area contributed by atoms with Gasteiger partial charge in [0.05, 0.1) is 6.10 Å². The Hall–Kier alpha value is -0.860. The Morgan fingerprint density at radius 1 is 1.21 bits per heavy atom. The molecule has 0 saturated heterocycles. The minimum absolute atomic E-state index is 0.261. The van der Waals surface area contributed by atoms with Crippen molar-refractivity contribution in [2.24, 2.45) is 5.92 Å². The van der Waals surface area contributed by atoms with E-state index in [1.165, 1.54) is 5.56 Å². The molecule has 1 N–H and O–H groups in total. The van der Waals surface area contributed by atoms with Gasteiger partial charge in [0, 0.05) is 18.6 Å². The van der Waals surface area contributed by atoms with Crippen LogP contribution in [-0.2, 0) is 6.42 Å². The molecular formula is C17H27NO. The number of fused-ring (bicyclic) bond motifs is 1. The Morgan fingerprint density at radius 3 is 2.53 bits per heavy atom. The third-order valence-electron chi connectivity index (χ3n) is 4.11. The Labute approximate surface area is 117 Å². The van der Waals surface area contributed by atoms with Gasteiger partial charge in [-0.2, -0.15) is 0 Å². The summed E-state index contributed by atoms with van der Waals surface area (Å²) < 4.78 is 0. The standard InChI is InChI=1S/C17H27NO/c1-12(2)11-18(13(3)4)16-10-9-14-7-5-6-8-15(14)17(16)19/h5-8,12-13,16-17,19H,9-11H2,1-4H3. The van der Waals surface area contributed by atoms with Gasteiger partial charge in [0.2, 0.25) is 0 Å². The van der Waals surface area contributed by atoms with Gasteiger partial charge in [0.15, 0.2) is 0 Å². The summed E-state index contributed by atoms with van der Waals surface area (Å²) in [6, 6.07) is 9.08. The number of rotatable bonds is 4. The van der Waals surface area contributed by atoms with Crippen LogP contribution in [-0.4, -0.2) is 28.6 Å². The van der Waals surface area contributed by atoms with E-state index in [4.69, 9.17) is 0 Å². The Bertz CT molecular complexity index is 413. The van der Waals surface area contributed by atoms with Gasteiger partial charge in [-0.25, -0.2) is 0 Å². The molecule has 1 aromatic carbocycles. The number of nitrogens with zero attached hydrogens (tertiary/aromatic N) is 1. The highest BCUT2D eigenvalue weighted by molar-refractivity contribution is 5.32. The van der Waals surface area contributed by atoms with E-state index in [9.17, 15) is 5.11 Å². The first-order chi connectivity index (χ1) is 9.00. The zero-order valence-electron chi connectivity index (χ0n) is 12.6. The molecule has 106 valence electrons. The number of aryl methyl sites for hydroxylation is 1. The summed E-state index contributed by atoms with van der Waals surface area (Å²) in [6.07, 6.45) is 1.80. The first kappa shape index (κ1) is 14.5. The van der Waals surface area contributed by atoms with Crippen LogP contribution in [0.25, 0.3) is 0 Å². The van der Waals surface area contributed by atoms with Gasteiger partial charge in [-0.1, -0.05) is 38.1 Å². The molecule has 1 aromatic rings. The lowest BCUT2D eigenvalue weighted by molar-refractivity contribution is 0.0129. The third-order valence-corrected chi connectivity index (χ3v) is 4.11. The third kappa shape index (κ3) is 3.18. The Balaban J connectivity index is 2.21. The molecule has 0 bridgehead atoms. The van der Waals surface area contributed by atoms with Crippen LogP contribution in [0.4, 0.5) is 0 Å². The van der Waals surface area contributed by atoms with Gasteiger partial charge in [-0.3, -0.25) is 4.90 Å². The molecule has 0 aliphatic heterocycles. The number of benzene rings is 1. The normalized spacial score (nSPS) is 23.2. The molecule has 2 rings (SSSR count). The summed E-state index contributed by atoms with van der Waals surface area (Å²) in [5, 5.41) is 10.7. The molecule has 1 aliphatic rings. The largest absolute Gasteiger partial charge is 0.387 e. The molecule has 0 saturated carbocycles. The Morgan fingerprint density at radius 2 is 1.89 bits per heavy atom. The smallest absolute Gasteiger partial charge is 0.0948 e. The number of aliphatic hydroxyl groups is 1. The minimum atomic E-state index is -0.342. The van der Waals surface area contributed by atoms with E-state index in [1.54, 1.807) is 0 Å². The van der Waals surface area contributed by atoms with Gasteiger partial charge >= 0.3 is 0 Å². The average Bonchev–Trinajstić information content (AvgIpc) is 2.37. The van der Waals surface area contributed by atoms with Crippen LogP contribution in [0.2, 0.25) is 0 Å². The van der Waals surface area contributed by atoms with E-state index >= 15 is 0 Å². The summed E-state index contributed by atoms with van der Waals surface area (Å²) in [6.45, 7) is 10.0. The molecule has 19 heavy (non-hydrogen) atoms. The minimum Gasteiger partial charge on any atom is -0.387 e. The van der Waals surface area contributed by atoms with Crippen LogP contribution in [0.15, 0.2) is 24.3 Å². The number of hydrogen-bond acceptors (Lipinski definition) is 2. The summed E-state index contributed by atoms with van der Waals surface area (Å²) >= 11 is 0. The molecule has 0 radical (unpaired) electrons. The zero-order valence-corrected chi connectivity index (χ0v) is 12.6. The molecule has 0 spiro atoms. The van der Waals surface area contributed by atoms with Crippen LogP contribution < -0.4 is 0 Å². The van der Waals surface area contributed by atoms with Crippen molar-refractivity contribution in [3.8, 4) is 0 Å². The maximum Gasteiger partial charge on any atom is 0.0948 e. The van der Waals surface area contributed by atoms with Crippen molar-refractivity contribution < 1.29 is 5.11 Å². The SMILES string of the molecule is CC(C)CN(C(C)C)C1CCc2ccccc2C1O. The van der Waals surface area contributed by atoms with E-state index in [0.717, 1.165) is 24.9 Å². The lowest BCUT2D eigenvalue weighted by Crippen LogP contribution is -2.47. The van der Waals surface area contributed by atoms with E-state index in [2.05, 4.69) is 50.8 Å². The van der Waals surface area contributed by atoms with Crippen LogP contribution in [0, 0.1) is 5.92 Å². The highest BCUT2D eigenvalue weighted by Crippen LogP contribution is 2.34. The van der Waals surface area contributed by atoms with E-state index in [-0.39, 0.29) is 12.1 Å². The highest BCUT2D eigenvalue weighted by atomic mass is 16.3. The second-order valence-corrected chi connectivity index (χ2v) is 6.43. The second kappa shape index (κ2) is 6.06. The maximum absolute atomic E-state index is 10.7. The molecule has 2 nitrogen and oxygen atoms in total. The van der Waals surface area contributed by atoms with E-state index < -0.39 is 0 Å². The average molecular weight is 261 g/mol. The maximum atomic E-state index is 10.7. The summed E-state index contributed by atoms with van der Waals surface area (Å²) in [5.41, 5.74) is 2.45. The molecule has 2 atom stereocenters. The first-order valence-corrected chi connectivity index (χ1v) is 7.52. The van der Waals surface area contributed by atoms with Crippen molar-refractivity contribution in [2.75, 3.05) is 6.54 Å². The van der Waals surface area contributed by atoms with Crippen molar-refractivity contribution in [1.82, 2.24) is 4.90 Å². The molecule has 0 aromatic heterocycles. The molecule has 2 unspecified atom stereocenters. The fourth-order valence-corrected chi connectivity index (χ4v) is 3.22. The van der Waals surface area contributed by atoms with Gasteiger partial charge in [0.1, 0.15) is 0 Å². The second-order valence-electron chi connectivity index (χ2n) is 6.43. The van der Waals surface area contributed by atoms with Crippen LogP contribution in [0.3, 0.4) is 0 Å². The predicted octanol–water partition coefficient (Wildman–Crippen LogP) is 3.40. The predicted molar refractivity (Wildman–Crippen MR) is 80.2 cm³/mol. The summed E-state index contributed by atoms with van der Waals surface area (Å²) in [5.74, 6) is 0.631. The molecule has 0 amide bonds. The molecule has 2 heteroatoms. The quantitative estimate of drug-likeness (QED) is 0.898. The van der Waals surface area contributed by atoms with Gasteiger partial charge < -0.3 is 5.11 Å². The van der Waals surface area contributed by atoms with Crippen molar-refractivity contribution in [2.45, 2.75) is 58.7 Å². The van der Waals surface area contributed by atoms with Gasteiger partial charge in [0.25, 0.3) is 0 Å². The summed E-state index contributed by atoms with van der Waals surface area (Å²) in [7, 11) is 0. The molecule has 1 aliphatic carbocycles. The van der Waals surface area contributed by atoms with Crippen LogP contribution >= 0.6 is 0 Å². The lowest BCUT2D eigenvalue weighted by atomic mass is 9.84. The fraction of sp³-hybridized carbons (Fsp3) is 0.647. The van der Waals surface area contributed by atoms with Gasteiger partial charge in [-0.15, -0.1) is 0 Å². The van der Waals surface area contributed by atoms with E-state index in [1.807, 2.05) is 6.07 Å². The van der Waals surface area contributed by atoms with Crippen LogP contribution in [0.1, 0.15) is 51.3 Å². The number of aliphatic hydroxyl groups excluding tert-OH is 1. The topological polar surface area (TPSA) is 23.5 Å². The molecule has 0 fully saturated rings. The number of hydrogen-bond donors (Lipinski definition) is 1. The van der Waals surface area contributed by atoms with Crippen molar-refractivity contribution in [3.63, 3.8) is 0 Å². The Kier molecular flexibility index (Phi) is 4.64. The molecule has 0 heterocycles. The summed E-state index contributed by atoms with van der Waals surface area (Å²) in [4.78, 5) is 2.48. The lowest BCUT2D eigenvalue weighted by Gasteiger charge is -2.41. The highest BCUT2D eigenvalue weighted by Gasteiger charge is 2.33.